The van der Waals surface area contributed by atoms with Crippen LogP contribution in [0.1, 0.15) is 10.5 Å². The number of fused-ring (bicyclic) bond motifs is 1. The molecule has 0 atom stereocenters. The van der Waals surface area contributed by atoms with Crippen LogP contribution in [0, 0.1) is 0 Å². The number of carbonyl (C=O) groups is 1. The summed E-state index contributed by atoms with van der Waals surface area (Å²) >= 11 is 9.46. The van der Waals surface area contributed by atoms with Gasteiger partial charge in [-0.05, 0) is 30.3 Å². The molecule has 0 saturated heterocycles. The van der Waals surface area contributed by atoms with Crippen LogP contribution in [0.5, 0.6) is 0 Å². The van der Waals surface area contributed by atoms with Gasteiger partial charge in [-0.3, -0.25) is 4.79 Å². The number of hydrogen-bond acceptors (Lipinski definition) is 1. The Hall–Kier alpha value is -1.78. The zero-order chi connectivity index (χ0) is 14.1. The molecule has 20 heavy (non-hydrogen) atoms. The number of H-pyrrole nitrogens is 1. The minimum Gasteiger partial charge on any atom is -0.349 e. The number of aromatic amines is 1. The van der Waals surface area contributed by atoms with Gasteiger partial charge in [0.25, 0.3) is 5.91 Å². The molecule has 2 N–H and O–H groups in total. The molecule has 0 aliphatic rings. The normalized spacial score (nSPS) is 10.7. The Morgan fingerprint density at radius 2 is 1.95 bits per heavy atom. The molecule has 5 heteroatoms. The Morgan fingerprint density at radius 3 is 2.70 bits per heavy atom. The fraction of sp³-hybridized carbons (Fsp3) is 0. The SMILES string of the molecule is O=C(Nc1cccc(Br)c1)c1cc2cccc(Cl)c2[nH]1. The fourth-order valence-corrected chi connectivity index (χ4v) is 2.63. The predicted molar refractivity (Wildman–Crippen MR) is 85.4 cm³/mol. The summed E-state index contributed by atoms with van der Waals surface area (Å²) in [6, 6.07) is 14.8. The third-order valence-electron chi connectivity index (χ3n) is 2.93. The van der Waals surface area contributed by atoms with E-state index in [0.717, 1.165) is 21.1 Å². The molecule has 0 saturated carbocycles. The quantitative estimate of drug-likeness (QED) is 0.683. The first-order valence-electron chi connectivity index (χ1n) is 5.97. The molecule has 0 aliphatic heterocycles. The van der Waals surface area contributed by atoms with Gasteiger partial charge in [0.2, 0.25) is 0 Å². The van der Waals surface area contributed by atoms with Gasteiger partial charge in [-0.25, -0.2) is 0 Å². The maximum Gasteiger partial charge on any atom is 0.272 e. The number of anilines is 1. The average molecular weight is 350 g/mol. The average Bonchev–Trinajstić information content (AvgIpc) is 2.84. The largest absolute Gasteiger partial charge is 0.349 e. The van der Waals surface area contributed by atoms with Gasteiger partial charge in [-0.15, -0.1) is 0 Å². The molecule has 1 heterocycles. The minimum absolute atomic E-state index is 0.199. The highest BCUT2D eigenvalue weighted by Gasteiger charge is 2.11. The first-order chi connectivity index (χ1) is 9.63. The third kappa shape index (κ3) is 2.57. The standard InChI is InChI=1S/C15H10BrClN2O/c16-10-4-2-5-11(8-10)18-15(20)13-7-9-3-1-6-12(17)14(9)19-13/h1-8,19H,(H,18,20). The van der Waals surface area contributed by atoms with Crippen LogP contribution in [0.15, 0.2) is 53.0 Å². The van der Waals surface area contributed by atoms with Gasteiger partial charge >= 0.3 is 0 Å². The first kappa shape index (κ1) is 13.2. The van der Waals surface area contributed by atoms with Crippen LogP contribution >= 0.6 is 27.5 Å². The lowest BCUT2D eigenvalue weighted by molar-refractivity contribution is 0.102. The monoisotopic (exact) mass is 348 g/mol. The van der Waals surface area contributed by atoms with E-state index in [1.54, 1.807) is 12.1 Å². The Labute approximate surface area is 129 Å². The Bertz CT molecular complexity index is 797. The fourth-order valence-electron chi connectivity index (χ4n) is 2.01. The van der Waals surface area contributed by atoms with Gasteiger partial charge in [0.05, 0.1) is 10.5 Å². The van der Waals surface area contributed by atoms with E-state index in [0.29, 0.717) is 10.7 Å². The van der Waals surface area contributed by atoms with E-state index in [1.807, 2.05) is 36.4 Å². The Morgan fingerprint density at radius 1 is 1.15 bits per heavy atom. The number of aromatic nitrogens is 1. The van der Waals surface area contributed by atoms with E-state index in [9.17, 15) is 4.79 Å². The van der Waals surface area contributed by atoms with E-state index >= 15 is 0 Å². The van der Waals surface area contributed by atoms with Crippen LogP contribution in [-0.4, -0.2) is 10.9 Å². The first-order valence-corrected chi connectivity index (χ1v) is 7.15. The van der Waals surface area contributed by atoms with Crippen molar-refractivity contribution < 1.29 is 4.79 Å². The van der Waals surface area contributed by atoms with Gasteiger partial charge in [0.15, 0.2) is 0 Å². The maximum absolute atomic E-state index is 12.2. The third-order valence-corrected chi connectivity index (χ3v) is 3.74. The van der Waals surface area contributed by atoms with Crippen molar-refractivity contribution in [3.63, 3.8) is 0 Å². The Kier molecular flexibility index (Phi) is 3.51. The number of carbonyl (C=O) groups excluding carboxylic acids is 1. The molecule has 0 fully saturated rings. The molecule has 2 aromatic carbocycles. The number of halogens is 2. The van der Waals surface area contributed by atoms with E-state index in [-0.39, 0.29) is 5.91 Å². The second-order valence-electron chi connectivity index (χ2n) is 4.35. The molecule has 3 rings (SSSR count). The number of benzene rings is 2. The molecule has 3 nitrogen and oxygen atoms in total. The second kappa shape index (κ2) is 5.31. The van der Waals surface area contributed by atoms with Crippen LogP contribution in [0.2, 0.25) is 5.02 Å². The van der Waals surface area contributed by atoms with Gasteiger partial charge in [-0.2, -0.15) is 0 Å². The van der Waals surface area contributed by atoms with Crippen molar-refractivity contribution in [3.8, 4) is 0 Å². The van der Waals surface area contributed by atoms with Gasteiger partial charge < -0.3 is 10.3 Å². The minimum atomic E-state index is -0.199. The molecule has 1 aromatic heterocycles. The van der Waals surface area contributed by atoms with Crippen LogP contribution in [0.25, 0.3) is 10.9 Å². The number of rotatable bonds is 2. The zero-order valence-electron chi connectivity index (χ0n) is 10.3. The smallest absolute Gasteiger partial charge is 0.272 e. The highest BCUT2D eigenvalue weighted by molar-refractivity contribution is 9.10. The number of hydrogen-bond donors (Lipinski definition) is 2. The molecule has 3 aromatic rings. The summed E-state index contributed by atoms with van der Waals surface area (Å²) in [7, 11) is 0. The van der Waals surface area contributed by atoms with Crippen molar-refractivity contribution >= 4 is 50.0 Å². The van der Waals surface area contributed by atoms with Crippen molar-refractivity contribution in [2.75, 3.05) is 5.32 Å². The number of nitrogens with one attached hydrogen (secondary N) is 2. The van der Waals surface area contributed by atoms with Crippen molar-refractivity contribution in [3.05, 3.63) is 63.7 Å². The summed E-state index contributed by atoms with van der Waals surface area (Å²) in [6.45, 7) is 0. The highest BCUT2D eigenvalue weighted by atomic mass is 79.9. The highest BCUT2D eigenvalue weighted by Crippen LogP contribution is 2.24. The molecular weight excluding hydrogens is 340 g/mol. The summed E-state index contributed by atoms with van der Waals surface area (Å²) in [5.74, 6) is -0.199. The van der Waals surface area contributed by atoms with Crippen LogP contribution in [0.3, 0.4) is 0 Å². The van der Waals surface area contributed by atoms with Gasteiger partial charge in [0, 0.05) is 15.5 Å². The lowest BCUT2D eigenvalue weighted by atomic mass is 10.2. The van der Waals surface area contributed by atoms with Crippen LogP contribution < -0.4 is 5.32 Å². The molecule has 0 unspecified atom stereocenters. The summed E-state index contributed by atoms with van der Waals surface area (Å²) in [6.07, 6.45) is 0. The van der Waals surface area contributed by atoms with E-state index < -0.39 is 0 Å². The summed E-state index contributed by atoms with van der Waals surface area (Å²) in [5, 5.41) is 4.35. The predicted octanol–water partition coefficient (Wildman–Crippen LogP) is 4.84. The molecular formula is C15H10BrClN2O. The summed E-state index contributed by atoms with van der Waals surface area (Å²) < 4.78 is 0.912. The number of para-hydroxylation sites is 1. The molecule has 0 radical (unpaired) electrons. The topological polar surface area (TPSA) is 44.9 Å². The number of amides is 1. The lowest BCUT2D eigenvalue weighted by Gasteiger charge is -2.03. The van der Waals surface area contributed by atoms with Crippen LogP contribution in [0.4, 0.5) is 5.69 Å². The van der Waals surface area contributed by atoms with Gasteiger partial charge in [-0.1, -0.05) is 45.7 Å². The molecule has 1 amide bonds. The second-order valence-corrected chi connectivity index (χ2v) is 5.67. The van der Waals surface area contributed by atoms with E-state index in [4.69, 9.17) is 11.6 Å². The van der Waals surface area contributed by atoms with Crippen molar-refractivity contribution in [2.24, 2.45) is 0 Å². The van der Waals surface area contributed by atoms with Crippen molar-refractivity contribution in [2.45, 2.75) is 0 Å². The molecule has 0 bridgehead atoms. The van der Waals surface area contributed by atoms with E-state index in [2.05, 4.69) is 26.2 Å². The Balaban J connectivity index is 1.91. The van der Waals surface area contributed by atoms with Gasteiger partial charge in [0.1, 0.15) is 5.69 Å². The molecule has 0 spiro atoms. The summed E-state index contributed by atoms with van der Waals surface area (Å²) in [4.78, 5) is 15.2. The molecule has 0 aliphatic carbocycles. The van der Waals surface area contributed by atoms with E-state index in [1.165, 1.54) is 0 Å². The summed E-state index contributed by atoms with van der Waals surface area (Å²) in [5.41, 5.74) is 1.98. The van der Waals surface area contributed by atoms with Crippen LogP contribution in [-0.2, 0) is 0 Å². The molecule has 100 valence electrons. The van der Waals surface area contributed by atoms with Crippen molar-refractivity contribution in [1.29, 1.82) is 0 Å². The zero-order valence-corrected chi connectivity index (χ0v) is 12.6. The maximum atomic E-state index is 12.2. The lowest BCUT2D eigenvalue weighted by Crippen LogP contribution is -2.12. The van der Waals surface area contributed by atoms with Crippen molar-refractivity contribution in [1.82, 2.24) is 4.98 Å².